The van der Waals surface area contributed by atoms with Crippen molar-refractivity contribution >= 4 is 5.91 Å². The number of carbonyl (C=O) groups is 1. The Balaban J connectivity index is 2.80. The summed E-state index contributed by atoms with van der Waals surface area (Å²) in [5.41, 5.74) is 2.51. The molecule has 11 heavy (non-hydrogen) atoms. The van der Waals surface area contributed by atoms with E-state index in [1.807, 2.05) is 12.3 Å². The molecule has 1 aromatic heterocycles. The van der Waals surface area contributed by atoms with Gasteiger partial charge in [0.05, 0.1) is 11.8 Å². The number of nitrogen functional groups attached to an aromatic ring is 1. The van der Waals surface area contributed by atoms with Gasteiger partial charge < -0.3 is 0 Å². The van der Waals surface area contributed by atoms with E-state index in [0.29, 0.717) is 5.56 Å². The van der Waals surface area contributed by atoms with E-state index in [0.717, 1.165) is 6.54 Å². The molecule has 0 saturated heterocycles. The first kappa shape index (κ1) is 7.74. The van der Waals surface area contributed by atoms with Crippen LogP contribution in [-0.4, -0.2) is 15.7 Å². The summed E-state index contributed by atoms with van der Waals surface area (Å²) in [4.78, 5) is 10.9. The summed E-state index contributed by atoms with van der Waals surface area (Å²) >= 11 is 0. The van der Waals surface area contributed by atoms with Crippen LogP contribution in [0.3, 0.4) is 0 Å². The van der Waals surface area contributed by atoms with Gasteiger partial charge >= 0.3 is 0 Å². The van der Waals surface area contributed by atoms with Gasteiger partial charge in [-0.05, 0) is 6.92 Å². The molecule has 0 radical (unpaired) electrons. The van der Waals surface area contributed by atoms with Crippen LogP contribution in [0.15, 0.2) is 12.4 Å². The topological polar surface area (TPSA) is 72.9 Å². The molecule has 0 aliphatic heterocycles. The highest BCUT2D eigenvalue weighted by Gasteiger charge is 2.04. The zero-order chi connectivity index (χ0) is 8.27. The van der Waals surface area contributed by atoms with Crippen LogP contribution in [-0.2, 0) is 6.54 Å². The lowest BCUT2D eigenvalue weighted by atomic mass is 10.3. The Kier molecular flexibility index (Phi) is 2.22. The van der Waals surface area contributed by atoms with Crippen molar-refractivity contribution in [1.29, 1.82) is 0 Å². The van der Waals surface area contributed by atoms with Crippen LogP contribution in [0, 0.1) is 0 Å². The number of nitrogens with zero attached hydrogens (tertiary/aromatic N) is 2. The molecule has 0 atom stereocenters. The average molecular weight is 154 g/mol. The monoisotopic (exact) mass is 154 g/mol. The predicted molar refractivity (Wildman–Crippen MR) is 39.6 cm³/mol. The summed E-state index contributed by atoms with van der Waals surface area (Å²) in [5.74, 6) is 4.60. The van der Waals surface area contributed by atoms with Gasteiger partial charge in [0, 0.05) is 12.7 Å². The molecule has 0 bridgehead atoms. The Morgan fingerprint density at radius 1 is 1.91 bits per heavy atom. The Hall–Kier alpha value is -1.36. The number of rotatable bonds is 2. The number of hydrogen-bond acceptors (Lipinski definition) is 3. The van der Waals surface area contributed by atoms with Crippen molar-refractivity contribution in [3.63, 3.8) is 0 Å². The molecule has 0 aliphatic carbocycles. The van der Waals surface area contributed by atoms with E-state index in [1.165, 1.54) is 6.20 Å². The van der Waals surface area contributed by atoms with Crippen molar-refractivity contribution < 1.29 is 4.79 Å². The minimum atomic E-state index is -0.315. The highest BCUT2D eigenvalue weighted by atomic mass is 16.2. The number of amides is 1. The number of aromatic nitrogens is 2. The maximum absolute atomic E-state index is 10.9. The van der Waals surface area contributed by atoms with Crippen molar-refractivity contribution in [1.82, 2.24) is 15.2 Å². The van der Waals surface area contributed by atoms with Gasteiger partial charge in [-0.15, -0.1) is 0 Å². The summed E-state index contributed by atoms with van der Waals surface area (Å²) in [7, 11) is 0. The molecule has 0 aromatic carbocycles. The highest BCUT2D eigenvalue weighted by molar-refractivity contribution is 5.93. The largest absolute Gasteiger partial charge is 0.290 e. The first-order valence-corrected chi connectivity index (χ1v) is 3.31. The molecule has 0 unspecified atom stereocenters. The van der Waals surface area contributed by atoms with Crippen molar-refractivity contribution in [2.24, 2.45) is 5.84 Å². The molecule has 3 N–H and O–H groups in total. The molecule has 5 heteroatoms. The standard InChI is InChI=1S/C6H10N4O/c1-2-10-4-5(3-8-10)6(11)9-7/h3-4H,2,7H2,1H3,(H,9,11). The smallest absolute Gasteiger partial charge is 0.268 e. The number of carbonyl (C=O) groups excluding carboxylic acids is 1. The van der Waals surface area contributed by atoms with Crippen LogP contribution >= 0.6 is 0 Å². The second kappa shape index (κ2) is 3.16. The molecular formula is C6H10N4O. The van der Waals surface area contributed by atoms with Gasteiger partial charge in [0.1, 0.15) is 0 Å². The molecule has 0 spiro atoms. The minimum absolute atomic E-state index is 0.315. The van der Waals surface area contributed by atoms with Crippen LogP contribution < -0.4 is 11.3 Å². The first-order chi connectivity index (χ1) is 5.27. The minimum Gasteiger partial charge on any atom is -0.290 e. The average Bonchev–Trinajstić information content (AvgIpc) is 2.50. The van der Waals surface area contributed by atoms with E-state index in [2.05, 4.69) is 5.10 Å². The van der Waals surface area contributed by atoms with Crippen LogP contribution in [0.25, 0.3) is 0 Å². The van der Waals surface area contributed by atoms with E-state index < -0.39 is 0 Å². The second-order valence-corrected chi connectivity index (χ2v) is 2.06. The molecule has 60 valence electrons. The van der Waals surface area contributed by atoms with Crippen LogP contribution in [0.5, 0.6) is 0 Å². The molecule has 0 aliphatic rings. The fourth-order valence-electron chi connectivity index (χ4n) is 0.737. The maximum Gasteiger partial charge on any atom is 0.268 e. The fourth-order valence-corrected chi connectivity index (χ4v) is 0.737. The van der Waals surface area contributed by atoms with Gasteiger partial charge in [0.2, 0.25) is 0 Å². The summed E-state index contributed by atoms with van der Waals surface area (Å²) in [5, 5.41) is 3.90. The van der Waals surface area contributed by atoms with Gasteiger partial charge in [-0.2, -0.15) is 5.10 Å². The lowest BCUT2D eigenvalue weighted by Crippen LogP contribution is -2.29. The van der Waals surface area contributed by atoms with Crippen molar-refractivity contribution in [3.05, 3.63) is 18.0 Å². The van der Waals surface area contributed by atoms with E-state index in [4.69, 9.17) is 5.84 Å². The Morgan fingerprint density at radius 3 is 3.09 bits per heavy atom. The van der Waals surface area contributed by atoms with Crippen molar-refractivity contribution in [3.8, 4) is 0 Å². The molecule has 0 fully saturated rings. The van der Waals surface area contributed by atoms with Gasteiger partial charge in [-0.1, -0.05) is 0 Å². The quantitative estimate of drug-likeness (QED) is 0.343. The summed E-state index contributed by atoms with van der Waals surface area (Å²) in [6.07, 6.45) is 3.12. The van der Waals surface area contributed by atoms with Gasteiger partial charge in [-0.3, -0.25) is 14.9 Å². The molecule has 1 aromatic rings. The third-order valence-corrected chi connectivity index (χ3v) is 1.35. The van der Waals surface area contributed by atoms with E-state index >= 15 is 0 Å². The maximum atomic E-state index is 10.9. The third-order valence-electron chi connectivity index (χ3n) is 1.35. The number of hydrogen-bond donors (Lipinski definition) is 2. The number of nitrogens with one attached hydrogen (secondary N) is 1. The molecule has 0 saturated carbocycles. The van der Waals surface area contributed by atoms with Crippen molar-refractivity contribution in [2.75, 3.05) is 0 Å². The van der Waals surface area contributed by atoms with E-state index in [1.54, 1.807) is 10.9 Å². The Morgan fingerprint density at radius 2 is 2.64 bits per heavy atom. The zero-order valence-electron chi connectivity index (χ0n) is 6.24. The number of nitrogens with two attached hydrogens (primary N) is 1. The number of hydrazine groups is 1. The number of aryl methyl sites for hydroxylation is 1. The summed E-state index contributed by atoms with van der Waals surface area (Å²) in [6, 6.07) is 0. The first-order valence-electron chi connectivity index (χ1n) is 3.31. The molecule has 5 nitrogen and oxygen atoms in total. The van der Waals surface area contributed by atoms with Crippen LogP contribution in [0.2, 0.25) is 0 Å². The predicted octanol–water partition coefficient (Wildman–Crippen LogP) is -0.494. The third kappa shape index (κ3) is 1.56. The summed E-state index contributed by atoms with van der Waals surface area (Å²) in [6.45, 7) is 2.69. The van der Waals surface area contributed by atoms with Gasteiger partial charge in [0.15, 0.2) is 0 Å². The second-order valence-electron chi connectivity index (χ2n) is 2.06. The Labute approximate surface area is 64.2 Å². The zero-order valence-corrected chi connectivity index (χ0v) is 6.24. The lowest BCUT2D eigenvalue weighted by Gasteiger charge is -1.92. The van der Waals surface area contributed by atoms with Crippen molar-refractivity contribution in [2.45, 2.75) is 13.5 Å². The van der Waals surface area contributed by atoms with Crippen LogP contribution in [0.4, 0.5) is 0 Å². The van der Waals surface area contributed by atoms with Gasteiger partial charge in [-0.25, -0.2) is 5.84 Å². The van der Waals surface area contributed by atoms with Gasteiger partial charge in [0.25, 0.3) is 5.91 Å². The SMILES string of the molecule is CCn1cc(C(=O)NN)cn1. The molecule has 1 amide bonds. The summed E-state index contributed by atoms with van der Waals surface area (Å²) < 4.78 is 1.66. The fraction of sp³-hybridized carbons (Fsp3) is 0.333. The lowest BCUT2D eigenvalue weighted by molar-refractivity contribution is 0.0953. The molecular weight excluding hydrogens is 144 g/mol. The highest BCUT2D eigenvalue weighted by Crippen LogP contribution is 1.95. The van der Waals surface area contributed by atoms with E-state index in [9.17, 15) is 4.79 Å². The Bertz CT molecular complexity index is 255. The van der Waals surface area contributed by atoms with Crippen LogP contribution in [0.1, 0.15) is 17.3 Å². The normalized spacial score (nSPS) is 9.64. The molecule has 1 heterocycles. The molecule has 1 rings (SSSR count). The van der Waals surface area contributed by atoms with E-state index in [-0.39, 0.29) is 5.91 Å².